The van der Waals surface area contributed by atoms with E-state index in [0.717, 1.165) is 29.8 Å². The molecule has 0 radical (unpaired) electrons. The van der Waals surface area contributed by atoms with E-state index in [0.29, 0.717) is 5.56 Å². The maximum Gasteiger partial charge on any atom is 0.331 e. The molecule has 1 aromatic rings. The van der Waals surface area contributed by atoms with E-state index in [4.69, 9.17) is 0 Å². The van der Waals surface area contributed by atoms with Gasteiger partial charge < -0.3 is 4.90 Å². The number of anilines is 1. The number of urea groups is 1. The third kappa shape index (κ3) is 2.80. The number of benzene rings is 1. The number of carbonyl (C=O) groups excluding carboxylic acids is 3. The number of non-ortho nitro benzene ring substituents is 1. The number of nitrogens with zero attached hydrogens (tertiary/aromatic N) is 3. The van der Waals surface area contributed by atoms with Crippen molar-refractivity contribution < 1.29 is 19.3 Å². The Bertz CT molecular complexity index is 1110. The summed E-state index contributed by atoms with van der Waals surface area (Å²) >= 11 is 0. The molecule has 9 heteroatoms. The van der Waals surface area contributed by atoms with E-state index in [1.54, 1.807) is 19.9 Å². The highest BCUT2D eigenvalue weighted by atomic mass is 16.6. The highest BCUT2D eigenvalue weighted by Crippen LogP contribution is 2.64. The molecule has 1 aromatic carbocycles. The van der Waals surface area contributed by atoms with E-state index < -0.39 is 40.3 Å². The maximum atomic E-state index is 14.1. The van der Waals surface area contributed by atoms with Gasteiger partial charge in [0.25, 0.3) is 5.69 Å². The van der Waals surface area contributed by atoms with E-state index in [9.17, 15) is 24.5 Å². The van der Waals surface area contributed by atoms with Crippen LogP contribution in [-0.2, 0) is 16.0 Å². The number of hydrogen-bond donors (Lipinski definition) is 1. The fraction of sp³-hybridized carbons (Fsp3) is 0.625. The van der Waals surface area contributed by atoms with Gasteiger partial charge in [-0.3, -0.25) is 29.9 Å². The van der Waals surface area contributed by atoms with Crippen molar-refractivity contribution in [2.45, 2.75) is 78.4 Å². The number of hydrogen-bond acceptors (Lipinski definition) is 6. The van der Waals surface area contributed by atoms with Crippen molar-refractivity contribution in [2.75, 3.05) is 4.90 Å². The standard InChI is InChI=1S/C24H30N4O5/c1-13(2)26-20(30)24(19(29)25-21(26)31)9-14-8-15(28(32)33)6-7-17(14)27-16-10-22(3,4)12-23(5,11-16)18(24)27/h6-8,13,16,18H,9-12H2,1-5H3,(H,25,29,31)/t16-,18+,23-,24+/m0/s1. The number of barbiturate groups is 1. The number of imide groups is 2. The predicted molar refractivity (Wildman–Crippen MR) is 121 cm³/mol. The highest BCUT2D eigenvalue weighted by Gasteiger charge is 2.71. The van der Waals surface area contributed by atoms with Gasteiger partial charge in [0.1, 0.15) is 0 Å². The minimum atomic E-state index is -1.52. The van der Waals surface area contributed by atoms with E-state index >= 15 is 0 Å². The zero-order valence-corrected chi connectivity index (χ0v) is 19.7. The van der Waals surface area contributed by atoms with Crippen LogP contribution in [0.2, 0.25) is 0 Å². The van der Waals surface area contributed by atoms with Crippen LogP contribution in [0.3, 0.4) is 0 Å². The Morgan fingerprint density at radius 1 is 1.15 bits per heavy atom. The highest BCUT2D eigenvalue weighted by molar-refractivity contribution is 6.20. The molecule has 2 bridgehead atoms. The van der Waals surface area contributed by atoms with Crippen molar-refractivity contribution in [2.24, 2.45) is 16.2 Å². The molecule has 33 heavy (non-hydrogen) atoms. The minimum Gasteiger partial charge on any atom is -0.363 e. The van der Waals surface area contributed by atoms with E-state index in [1.165, 1.54) is 12.1 Å². The molecule has 4 amide bonds. The fourth-order valence-electron chi connectivity index (χ4n) is 7.62. The molecule has 176 valence electrons. The molecule has 3 fully saturated rings. The quantitative estimate of drug-likeness (QED) is 0.416. The van der Waals surface area contributed by atoms with Crippen molar-refractivity contribution >= 4 is 29.2 Å². The summed E-state index contributed by atoms with van der Waals surface area (Å²) in [5.74, 6) is -1.09. The third-order valence-corrected chi connectivity index (χ3v) is 8.15. The number of nitrogens with one attached hydrogen (secondary N) is 1. The van der Waals surface area contributed by atoms with Crippen LogP contribution >= 0.6 is 0 Å². The fourth-order valence-corrected chi connectivity index (χ4v) is 7.62. The molecular formula is C24H30N4O5. The van der Waals surface area contributed by atoms with Crippen molar-refractivity contribution in [1.82, 2.24) is 10.2 Å². The molecule has 1 saturated carbocycles. The summed E-state index contributed by atoms with van der Waals surface area (Å²) < 4.78 is 0. The average Bonchev–Trinajstić information content (AvgIpc) is 2.91. The summed E-state index contributed by atoms with van der Waals surface area (Å²) in [7, 11) is 0. The molecule has 4 aliphatic rings. The second kappa shape index (κ2) is 6.55. The lowest BCUT2D eigenvalue weighted by Gasteiger charge is -2.54. The molecule has 0 unspecified atom stereocenters. The Morgan fingerprint density at radius 3 is 2.48 bits per heavy atom. The van der Waals surface area contributed by atoms with Gasteiger partial charge in [-0.05, 0) is 55.6 Å². The minimum absolute atomic E-state index is 0.0128. The molecule has 9 nitrogen and oxygen atoms in total. The predicted octanol–water partition coefficient (Wildman–Crippen LogP) is 3.40. The third-order valence-electron chi connectivity index (χ3n) is 8.15. The first kappa shape index (κ1) is 21.9. The molecular weight excluding hydrogens is 424 g/mol. The molecule has 2 saturated heterocycles. The van der Waals surface area contributed by atoms with Crippen LogP contribution in [0.1, 0.15) is 59.4 Å². The van der Waals surface area contributed by atoms with Crippen molar-refractivity contribution in [1.29, 1.82) is 0 Å². The monoisotopic (exact) mass is 454 g/mol. The second-order valence-electron chi connectivity index (χ2n) is 11.6. The molecule has 1 N–H and O–H groups in total. The number of fused-ring (bicyclic) bond motifs is 8. The van der Waals surface area contributed by atoms with E-state index in [1.807, 2.05) is 0 Å². The van der Waals surface area contributed by atoms with Crippen molar-refractivity contribution in [3.05, 3.63) is 33.9 Å². The number of carbonyl (C=O) groups is 3. The number of rotatable bonds is 2. The lowest BCUT2D eigenvalue weighted by molar-refractivity contribution is -0.384. The Morgan fingerprint density at radius 2 is 1.85 bits per heavy atom. The first-order valence-corrected chi connectivity index (χ1v) is 11.6. The van der Waals surface area contributed by atoms with Gasteiger partial charge in [-0.2, -0.15) is 0 Å². The lowest BCUT2D eigenvalue weighted by Crippen LogP contribution is -2.74. The molecule has 1 aliphatic carbocycles. The average molecular weight is 455 g/mol. The smallest absolute Gasteiger partial charge is 0.331 e. The molecule has 0 aromatic heterocycles. The summed E-state index contributed by atoms with van der Waals surface area (Å²) in [6, 6.07) is 3.29. The van der Waals surface area contributed by atoms with Crippen LogP contribution < -0.4 is 10.2 Å². The van der Waals surface area contributed by atoms with Gasteiger partial charge in [0.15, 0.2) is 5.41 Å². The Hall–Kier alpha value is -2.97. The summed E-state index contributed by atoms with van der Waals surface area (Å²) in [5, 5.41) is 14.0. The SMILES string of the molecule is CC(C)N1C(=O)NC(=O)[C@]2(Cc3cc([N+](=O)[O-])ccc3N3[C@H]4CC(C)(C)C[C@](C)(C4)[C@@H]32)C1=O. The van der Waals surface area contributed by atoms with Gasteiger partial charge in [-0.15, -0.1) is 0 Å². The van der Waals surface area contributed by atoms with Gasteiger partial charge in [0.2, 0.25) is 11.8 Å². The molecule has 4 atom stereocenters. The Kier molecular flexibility index (Phi) is 4.33. The van der Waals surface area contributed by atoms with Gasteiger partial charge in [-0.1, -0.05) is 20.8 Å². The topological polar surface area (TPSA) is 113 Å². The first-order chi connectivity index (χ1) is 15.3. The number of amides is 4. The van der Waals surface area contributed by atoms with Gasteiger partial charge in [0.05, 0.1) is 11.0 Å². The largest absolute Gasteiger partial charge is 0.363 e. The Labute approximate surface area is 192 Å². The first-order valence-electron chi connectivity index (χ1n) is 11.6. The molecule has 1 spiro atoms. The second-order valence-corrected chi connectivity index (χ2v) is 11.6. The van der Waals surface area contributed by atoms with Crippen LogP contribution in [0, 0.1) is 26.4 Å². The van der Waals surface area contributed by atoms with Crippen molar-refractivity contribution in [3.63, 3.8) is 0 Å². The number of nitro benzene ring substituents is 1. The molecule has 5 rings (SSSR count). The van der Waals surface area contributed by atoms with Crippen molar-refractivity contribution in [3.8, 4) is 0 Å². The molecule has 3 aliphatic heterocycles. The summed E-state index contributed by atoms with van der Waals surface area (Å²) in [6.07, 6.45) is 2.61. The van der Waals surface area contributed by atoms with Crippen LogP contribution in [0.25, 0.3) is 0 Å². The summed E-state index contributed by atoms with van der Waals surface area (Å²) in [6.45, 7) is 10.1. The van der Waals surface area contributed by atoms with E-state index in [-0.39, 0.29) is 29.0 Å². The maximum absolute atomic E-state index is 14.1. The van der Waals surface area contributed by atoms with Crippen LogP contribution in [-0.4, -0.2) is 45.8 Å². The van der Waals surface area contributed by atoms with Gasteiger partial charge in [0, 0.05) is 36.3 Å². The van der Waals surface area contributed by atoms with Crippen LogP contribution in [0.4, 0.5) is 16.2 Å². The van der Waals surface area contributed by atoms with E-state index in [2.05, 4.69) is 31.0 Å². The van der Waals surface area contributed by atoms with Crippen LogP contribution in [0.5, 0.6) is 0 Å². The van der Waals surface area contributed by atoms with Gasteiger partial charge >= 0.3 is 6.03 Å². The zero-order chi connectivity index (χ0) is 24.1. The molecule has 3 heterocycles. The van der Waals surface area contributed by atoms with Crippen LogP contribution in [0.15, 0.2) is 18.2 Å². The Balaban J connectivity index is 1.78. The summed E-state index contributed by atoms with van der Waals surface area (Å²) in [5.41, 5.74) is -0.450. The normalized spacial score (nSPS) is 34.4. The lowest BCUT2D eigenvalue weighted by atomic mass is 9.56. The zero-order valence-electron chi connectivity index (χ0n) is 19.7. The van der Waals surface area contributed by atoms with Gasteiger partial charge in [-0.25, -0.2) is 4.79 Å². The summed E-state index contributed by atoms with van der Waals surface area (Å²) in [4.78, 5) is 54.8. The number of nitro groups is 1.